The van der Waals surface area contributed by atoms with Crippen LogP contribution in [0.2, 0.25) is 0 Å². The molecule has 0 bridgehead atoms. The van der Waals surface area contributed by atoms with Gasteiger partial charge in [0.2, 0.25) is 0 Å². The molecule has 3 heterocycles. The highest BCUT2D eigenvalue weighted by Gasteiger charge is 2.53. The summed E-state index contributed by atoms with van der Waals surface area (Å²) in [7, 11) is 7.12. The largest absolute Gasteiger partial charge is 0.459 e. The highest BCUT2D eigenvalue weighted by Crippen LogP contribution is 2.40. The van der Waals surface area contributed by atoms with Gasteiger partial charge in [-0.3, -0.25) is 9.59 Å². The summed E-state index contributed by atoms with van der Waals surface area (Å²) in [5.74, 6) is -3.20. The van der Waals surface area contributed by atoms with Crippen LogP contribution in [-0.4, -0.2) is 167 Å². The number of aliphatic hydroxyl groups is 4. The Balaban J connectivity index is 2.23. The van der Waals surface area contributed by atoms with Crippen molar-refractivity contribution >= 4 is 11.9 Å². The summed E-state index contributed by atoms with van der Waals surface area (Å²) in [6, 6.07) is -0.823. The fourth-order valence-corrected chi connectivity index (χ4v) is 9.04. The minimum atomic E-state index is -1.82. The summed E-state index contributed by atoms with van der Waals surface area (Å²) in [6.45, 7) is 19.3. The summed E-state index contributed by atoms with van der Waals surface area (Å²) in [6.07, 6.45) is -8.28. The van der Waals surface area contributed by atoms with E-state index in [0.29, 0.717) is 13.0 Å². The first-order valence-electron chi connectivity index (χ1n) is 20.0. The van der Waals surface area contributed by atoms with Crippen LogP contribution in [0.1, 0.15) is 102 Å². The maximum Gasteiger partial charge on any atom is 0.311 e. The Hall–Kier alpha value is -1.50. The second-order valence-electron chi connectivity index (χ2n) is 17.7. The second-order valence-corrected chi connectivity index (χ2v) is 17.7. The lowest BCUT2D eigenvalue weighted by Crippen LogP contribution is -2.61. The molecule has 0 saturated carbocycles. The van der Waals surface area contributed by atoms with Crippen LogP contribution in [0.3, 0.4) is 0 Å². The molecular weight excluding hydrogens is 716 g/mol. The van der Waals surface area contributed by atoms with E-state index in [9.17, 15) is 30.0 Å². The molecule has 322 valence electrons. The van der Waals surface area contributed by atoms with Crippen LogP contribution >= 0.6 is 0 Å². The van der Waals surface area contributed by atoms with E-state index in [1.807, 2.05) is 51.7 Å². The summed E-state index contributed by atoms with van der Waals surface area (Å²) >= 11 is 0. The van der Waals surface area contributed by atoms with E-state index < -0.39 is 102 Å². The highest BCUT2D eigenvalue weighted by atomic mass is 16.7. The van der Waals surface area contributed by atoms with Crippen LogP contribution in [0.25, 0.3) is 0 Å². The van der Waals surface area contributed by atoms with Crippen molar-refractivity contribution in [3.05, 3.63) is 0 Å². The molecule has 3 rings (SSSR count). The molecule has 0 spiro atoms. The minimum absolute atomic E-state index is 0.115. The number of hydrogen-bond acceptors (Lipinski definition) is 15. The molecule has 4 N–H and O–H groups in total. The number of likely N-dealkylation sites (N-methyl/N-ethyl adjacent to an activating group) is 2. The van der Waals surface area contributed by atoms with Gasteiger partial charge in [0.1, 0.15) is 23.9 Å². The van der Waals surface area contributed by atoms with Gasteiger partial charge in [-0.05, 0) is 94.8 Å². The van der Waals surface area contributed by atoms with Gasteiger partial charge in [0.15, 0.2) is 18.7 Å². The number of rotatable bonds is 8. The molecule has 3 saturated heterocycles. The second kappa shape index (κ2) is 19.0. The fourth-order valence-electron chi connectivity index (χ4n) is 9.04. The zero-order valence-corrected chi connectivity index (χ0v) is 36.1. The first-order chi connectivity index (χ1) is 25.3. The van der Waals surface area contributed by atoms with Crippen molar-refractivity contribution in [2.45, 2.75) is 192 Å². The number of carbonyl (C=O) groups excluding carboxylic acids is 2. The molecule has 3 aliphatic heterocycles. The lowest BCUT2D eigenvalue weighted by Gasteiger charge is -2.49. The lowest BCUT2D eigenvalue weighted by atomic mass is 9.77. The normalized spacial score (nSPS) is 47.4. The molecule has 55 heavy (non-hydrogen) atoms. The predicted octanol–water partition coefficient (Wildman–Crippen LogP) is 2.47. The van der Waals surface area contributed by atoms with Crippen molar-refractivity contribution in [1.82, 2.24) is 9.80 Å². The number of methoxy groups -OCH3 is 1. The molecule has 0 aromatic rings. The van der Waals surface area contributed by atoms with Gasteiger partial charge in [-0.2, -0.15) is 0 Å². The molecule has 0 aromatic heterocycles. The van der Waals surface area contributed by atoms with Gasteiger partial charge in [0.05, 0.1) is 47.6 Å². The predicted molar refractivity (Wildman–Crippen MR) is 204 cm³/mol. The summed E-state index contributed by atoms with van der Waals surface area (Å²) < 4.78 is 43.9. The molecule has 4 unspecified atom stereocenters. The number of hydrogen-bond donors (Lipinski definition) is 4. The van der Waals surface area contributed by atoms with Crippen molar-refractivity contribution in [3.63, 3.8) is 0 Å². The molecule has 0 radical (unpaired) electrons. The zero-order chi connectivity index (χ0) is 42.0. The van der Waals surface area contributed by atoms with Crippen molar-refractivity contribution < 1.29 is 63.2 Å². The van der Waals surface area contributed by atoms with Crippen LogP contribution in [0.15, 0.2) is 0 Å². The van der Waals surface area contributed by atoms with Crippen LogP contribution in [0, 0.1) is 17.8 Å². The summed E-state index contributed by atoms with van der Waals surface area (Å²) in [5.41, 5.74) is -4.45. The number of cyclic esters (lactones) is 1. The topological polar surface area (TPSA) is 186 Å². The maximum absolute atomic E-state index is 14.3. The Morgan fingerprint density at radius 3 is 2.13 bits per heavy atom. The van der Waals surface area contributed by atoms with Gasteiger partial charge in [-0.1, -0.05) is 20.8 Å². The molecule has 0 aromatic carbocycles. The van der Waals surface area contributed by atoms with Gasteiger partial charge >= 0.3 is 11.9 Å². The third-order valence-electron chi connectivity index (χ3n) is 12.5. The van der Waals surface area contributed by atoms with E-state index in [1.165, 1.54) is 21.0 Å². The first-order valence-corrected chi connectivity index (χ1v) is 20.0. The lowest BCUT2D eigenvalue weighted by molar-refractivity contribution is -0.318. The molecule has 0 aliphatic carbocycles. The first kappa shape index (κ1) is 47.9. The Kier molecular flexibility index (Phi) is 16.6. The van der Waals surface area contributed by atoms with Crippen LogP contribution in [0.5, 0.6) is 0 Å². The highest BCUT2D eigenvalue weighted by molar-refractivity contribution is 5.73. The standard InChI is InChI=1S/C40H74N2O13/c1-16-29-40(11,48)33(44)25(6)42(14)20-21(2)18-38(9,47)35(55-37-32(52-27(8)43)28(41(12)13)17-22(3)50-37)23(4)31(24(5)36(46)53-29)54-30-19-39(10,49-15)34(45)26(7)51-30/h21-26,28-35,37,44-45,47-48H,16-20H2,1-15H3/t21-,22?,23+,24-,25-,26+,28?,29-,30+,31+,32?,33-,34+,35-,37?,38-,39-,40-/m1/s1. The van der Waals surface area contributed by atoms with E-state index in [4.69, 9.17) is 33.2 Å². The Morgan fingerprint density at radius 2 is 1.58 bits per heavy atom. The van der Waals surface area contributed by atoms with E-state index in [0.717, 1.165) is 0 Å². The molecule has 15 nitrogen and oxygen atoms in total. The summed E-state index contributed by atoms with van der Waals surface area (Å²) in [4.78, 5) is 30.7. The monoisotopic (exact) mass is 791 g/mol. The van der Waals surface area contributed by atoms with Crippen molar-refractivity contribution in [3.8, 4) is 0 Å². The quantitative estimate of drug-likeness (QED) is 0.263. The van der Waals surface area contributed by atoms with E-state index in [-0.39, 0.29) is 37.3 Å². The summed E-state index contributed by atoms with van der Waals surface area (Å²) in [5, 5.41) is 46.9. The molecule has 3 fully saturated rings. The molecule has 18 atom stereocenters. The van der Waals surface area contributed by atoms with Crippen LogP contribution in [0.4, 0.5) is 0 Å². The van der Waals surface area contributed by atoms with Gasteiger partial charge < -0.3 is 63.4 Å². The van der Waals surface area contributed by atoms with E-state index >= 15 is 0 Å². The SMILES string of the molecule is CC[C@H]1OC(=O)[C@H](C)[C@@H](O[C@H]2C[C@@](C)(OC)[C@@H](O)[C@H](C)O2)[C@H](C)[C@@H](OC2OC(C)CC(N(C)C)C2OC(C)=O)[C@](C)(O)C[C@@H](C)CN(C)[C@H](C)[C@@H](O)[C@]1(C)O. The fraction of sp³-hybridized carbons (Fsp3) is 0.950. The molecule has 0 amide bonds. The van der Waals surface area contributed by atoms with E-state index in [1.54, 1.807) is 41.5 Å². The third kappa shape index (κ3) is 11.2. The number of aliphatic hydroxyl groups excluding tert-OH is 2. The Bertz CT molecular complexity index is 1250. The molecule has 15 heteroatoms. The van der Waals surface area contributed by atoms with Gasteiger partial charge in [-0.15, -0.1) is 0 Å². The average molecular weight is 791 g/mol. The van der Waals surface area contributed by atoms with Crippen LogP contribution in [-0.2, 0) is 42.7 Å². The molecule has 3 aliphatic rings. The zero-order valence-electron chi connectivity index (χ0n) is 36.1. The Morgan fingerprint density at radius 1 is 0.964 bits per heavy atom. The Labute approximate surface area is 329 Å². The number of carbonyl (C=O) groups is 2. The van der Waals surface area contributed by atoms with E-state index in [2.05, 4.69) is 0 Å². The third-order valence-corrected chi connectivity index (χ3v) is 12.5. The smallest absolute Gasteiger partial charge is 0.311 e. The molecular formula is C40H74N2O13. The number of nitrogens with zero attached hydrogens (tertiary/aromatic N) is 2. The van der Waals surface area contributed by atoms with Crippen LogP contribution < -0.4 is 0 Å². The van der Waals surface area contributed by atoms with Gasteiger partial charge in [0, 0.05) is 39.0 Å². The van der Waals surface area contributed by atoms with Crippen molar-refractivity contribution in [2.75, 3.05) is 34.8 Å². The minimum Gasteiger partial charge on any atom is -0.459 e. The number of ether oxygens (including phenoxy) is 7. The number of esters is 2. The van der Waals surface area contributed by atoms with Crippen molar-refractivity contribution in [2.24, 2.45) is 17.8 Å². The van der Waals surface area contributed by atoms with Crippen molar-refractivity contribution in [1.29, 1.82) is 0 Å². The van der Waals surface area contributed by atoms with Gasteiger partial charge in [0.25, 0.3) is 0 Å². The maximum atomic E-state index is 14.3. The van der Waals surface area contributed by atoms with Gasteiger partial charge in [-0.25, -0.2) is 0 Å². The average Bonchev–Trinajstić information content (AvgIpc) is 3.08.